The van der Waals surface area contributed by atoms with Gasteiger partial charge < -0.3 is 9.64 Å². The summed E-state index contributed by atoms with van der Waals surface area (Å²) in [4.78, 5) is 2.42. The maximum atomic E-state index is 5.71. The fraction of sp³-hybridized carbons (Fsp3) is 1.00. The zero-order valence-electron chi connectivity index (χ0n) is 11.5. The molecule has 0 aromatic carbocycles. The molecule has 1 fully saturated rings. The SMILES string of the molecule is COC(C)(C)CCC(NN)C1CSCCN1C. The number of hydrogen-bond donors (Lipinski definition) is 2. The molecule has 17 heavy (non-hydrogen) atoms. The van der Waals surface area contributed by atoms with Gasteiger partial charge in [0.1, 0.15) is 0 Å². The minimum atomic E-state index is -0.0600. The van der Waals surface area contributed by atoms with Crippen LogP contribution in [-0.2, 0) is 4.74 Å². The zero-order chi connectivity index (χ0) is 12.9. The Bertz CT molecular complexity index is 226. The number of likely N-dealkylation sites (N-methyl/N-ethyl adjacent to an activating group) is 1. The number of hydrogen-bond acceptors (Lipinski definition) is 5. The molecular formula is C12H27N3OS. The molecule has 2 unspecified atom stereocenters. The van der Waals surface area contributed by atoms with Gasteiger partial charge in [0, 0.05) is 37.2 Å². The van der Waals surface area contributed by atoms with E-state index in [4.69, 9.17) is 10.6 Å². The summed E-state index contributed by atoms with van der Waals surface area (Å²) in [7, 11) is 3.96. The van der Waals surface area contributed by atoms with E-state index in [0.29, 0.717) is 12.1 Å². The number of nitrogens with one attached hydrogen (secondary N) is 1. The molecule has 3 N–H and O–H groups in total. The highest BCUT2D eigenvalue weighted by atomic mass is 32.2. The third-order valence-corrected chi connectivity index (χ3v) is 4.78. The lowest BCUT2D eigenvalue weighted by Gasteiger charge is -2.38. The molecule has 0 amide bonds. The van der Waals surface area contributed by atoms with Crippen molar-refractivity contribution >= 4 is 11.8 Å². The lowest BCUT2D eigenvalue weighted by Crippen LogP contribution is -2.55. The third-order valence-electron chi connectivity index (χ3n) is 3.73. The molecule has 0 bridgehead atoms. The smallest absolute Gasteiger partial charge is 0.0623 e. The van der Waals surface area contributed by atoms with Crippen molar-refractivity contribution < 1.29 is 4.74 Å². The first kappa shape index (κ1) is 15.2. The largest absolute Gasteiger partial charge is 0.379 e. The average Bonchev–Trinajstić information content (AvgIpc) is 2.32. The van der Waals surface area contributed by atoms with Gasteiger partial charge in [-0.1, -0.05) is 0 Å². The summed E-state index contributed by atoms with van der Waals surface area (Å²) < 4.78 is 5.46. The predicted octanol–water partition coefficient (Wildman–Crippen LogP) is 1.07. The third kappa shape index (κ3) is 4.75. The molecule has 0 aromatic heterocycles. The van der Waals surface area contributed by atoms with Crippen LogP contribution in [0.25, 0.3) is 0 Å². The van der Waals surface area contributed by atoms with Gasteiger partial charge >= 0.3 is 0 Å². The van der Waals surface area contributed by atoms with Gasteiger partial charge in [-0.25, -0.2) is 0 Å². The Hall–Kier alpha value is 0.190. The molecular weight excluding hydrogens is 234 g/mol. The standard InChI is InChI=1S/C12H27N3OS/c1-12(2,16-4)6-5-10(14-13)11-9-17-8-7-15(11)3/h10-11,14H,5-9,13H2,1-4H3. The highest BCUT2D eigenvalue weighted by Crippen LogP contribution is 2.23. The fourth-order valence-electron chi connectivity index (χ4n) is 2.12. The quantitative estimate of drug-likeness (QED) is 0.553. The maximum absolute atomic E-state index is 5.71. The molecule has 0 saturated carbocycles. The number of hydrazine groups is 1. The van der Waals surface area contributed by atoms with Crippen molar-refractivity contribution in [2.75, 3.05) is 32.2 Å². The Morgan fingerprint density at radius 1 is 1.59 bits per heavy atom. The first-order valence-corrected chi connectivity index (χ1v) is 7.45. The highest BCUT2D eigenvalue weighted by Gasteiger charge is 2.29. The Kier molecular flexibility index (Phi) is 6.23. The minimum Gasteiger partial charge on any atom is -0.379 e. The van der Waals surface area contributed by atoms with Crippen molar-refractivity contribution in [2.45, 2.75) is 44.4 Å². The van der Waals surface area contributed by atoms with Crippen LogP contribution in [0.2, 0.25) is 0 Å². The van der Waals surface area contributed by atoms with E-state index in [1.165, 1.54) is 11.5 Å². The normalized spacial score (nSPS) is 24.9. The Labute approximate surface area is 110 Å². The van der Waals surface area contributed by atoms with E-state index in [-0.39, 0.29) is 5.60 Å². The first-order chi connectivity index (χ1) is 8.00. The second-order valence-electron chi connectivity index (χ2n) is 5.40. The molecule has 1 rings (SSSR count). The van der Waals surface area contributed by atoms with Crippen LogP contribution in [0.4, 0.5) is 0 Å². The van der Waals surface area contributed by atoms with Crippen LogP contribution in [0, 0.1) is 0 Å². The zero-order valence-corrected chi connectivity index (χ0v) is 12.3. The molecule has 0 aliphatic carbocycles. The van der Waals surface area contributed by atoms with Gasteiger partial charge in [-0.15, -0.1) is 0 Å². The maximum Gasteiger partial charge on any atom is 0.0623 e. The summed E-state index contributed by atoms with van der Waals surface area (Å²) in [5, 5.41) is 0. The molecule has 1 aliphatic heterocycles. The summed E-state index contributed by atoms with van der Waals surface area (Å²) >= 11 is 2.02. The Balaban J connectivity index is 2.47. The van der Waals surface area contributed by atoms with E-state index in [2.05, 4.69) is 31.2 Å². The molecule has 0 spiro atoms. The van der Waals surface area contributed by atoms with Crippen molar-refractivity contribution in [2.24, 2.45) is 5.84 Å². The molecule has 2 atom stereocenters. The molecule has 0 radical (unpaired) electrons. The summed E-state index contributed by atoms with van der Waals surface area (Å²) in [5.41, 5.74) is 2.93. The summed E-state index contributed by atoms with van der Waals surface area (Å²) in [5.74, 6) is 8.11. The summed E-state index contributed by atoms with van der Waals surface area (Å²) in [6.45, 7) is 5.40. The number of ether oxygens (including phenoxy) is 1. The molecule has 1 aliphatic rings. The van der Waals surface area contributed by atoms with Gasteiger partial charge in [-0.05, 0) is 33.7 Å². The second kappa shape index (κ2) is 6.95. The van der Waals surface area contributed by atoms with Gasteiger partial charge in [0.15, 0.2) is 0 Å². The predicted molar refractivity (Wildman–Crippen MR) is 75.2 cm³/mol. The average molecular weight is 261 g/mol. The number of nitrogens with two attached hydrogens (primary N) is 1. The van der Waals surface area contributed by atoms with Crippen molar-refractivity contribution in [1.29, 1.82) is 0 Å². The van der Waals surface area contributed by atoms with E-state index in [9.17, 15) is 0 Å². The van der Waals surface area contributed by atoms with E-state index in [0.717, 1.165) is 19.4 Å². The van der Waals surface area contributed by atoms with Gasteiger partial charge in [0.05, 0.1) is 5.60 Å². The first-order valence-electron chi connectivity index (χ1n) is 6.29. The number of rotatable bonds is 6. The van der Waals surface area contributed by atoms with Gasteiger partial charge in [-0.3, -0.25) is 11.3 Å². The number of nitrogens with zero attached hydrogens (tertiary/aromatic N) is 1. The highest BCUT2D eigenvalue weighted by molar-refractivity contribution is 7.99. The molecule has 5 heteroatoms. The van der Waals surface area contributed by atoms with Crippen LogP contribution < -0.4 is 11.3 Å². The van der Waals surface area contributed by atoms with Crippen LogP contribution in [0.15, 0.2) is 0 Å². The van der Waals surface area contributed by atoms with Gasteiger partial charge in [-0.2, -0.15) is 11.8 Å². The van der Waals surface area contributed by atoms with Crippen molar-refractivity contribution in [3.05, 3.63) is 0 Å². The summed E-state index contributed by atoms with van der Waals surface area (Å²) in [6.07, 6.45) is 2.07. The second-order valence-corrected chi connectivity index (χ2v) is 6.55. The monoisotopic (exact) mass is 261 g/mol. The molecule has 0 aromatic rings. The Morgan fingerprint density at radius 3 is 2.82 bits per heavy atom. The molecule has 4 nitrogen and oxygen atoms in total. The van der Waals surface area contributed by atoms with E-state index < -0.39 is 0 Å². The van der Waals surface area contributed by atoms with Gasteiger partial charge in [0.25, 0.3) is 0 Å². The van der Waals surface area contributed by atoms with Crippen molar-refractivity contribution in [3.8, 4) is 0 Å². The molecule has 1 heterocycles. The van der Waals surface area contributed by atoms with E-state index in [1.807, 2.05) is 11.8 Å². The van der Waals surface area contributed by atoms with E-state index in [1.54, 1.807) is 7.11 Å². The number of methoxy groups -OCH3 is 1. The summed E-state index contributed by atoms with van der Waals surface area (Å²) in [6, 6.07) is 0.883. The van der Waals surface area contributed by atoms with Gasteiger partial charge in [0.2, 0.25) is 0 Å². The lowest BCUT2D eigenvalue weighted by atomic mass is 9.95. The molecule has 102 valence electrons. The van der Waals surface area contributed by atoms with Crippen LogP contribution >= 0.6 is 11.8 Å². The minimum absolute atomic E-state index is 0.0600. The lowest BCUT2D eigenvalue weighted by molar-refractivity contribution is 0.00949. The fourth-order valence-corrected chi connectivity index (χ4v) is 3.43. The number of thioether (sulfide) groups is 1. The Morgan fingerprint density at radius 2 is 2.29 bits per heavy atom. The van der Waals surface area contributed by atoms with Crippen LogP contribution in [0.1, 0.15) is 26.7 Å². The topological polar surface area (TPSA) is 50.5 Å². The van der Waals surface area contributed by atoms with Crippen molar-refractivity contribution in [1.82, 2.24) is 10.3 Å². The van der Waals surface area contributed by atoms with Crippen LogP contribution in [-0.4, -0.2) is 54.8 Å². The van der Waals surface area contributed by atoms with Crippen molar-refractivity contribution in [3.63, 3.8) is 0 Å². The molecule has 1 saturated heterocycles. The van der Waals surface area contributed by atoms with E-state index >= 15 is 0 Å². The van der Waals surface area contributed by atoms with Crippen LogP contribution in [0.5, 0.6) is 0 Å². The van der Waals surface area contributed by atoms with Crippen LogP contribution in [0.3, 0.4) is 0 Å².